The molecule has 9 heavy (non-hydrogen) atoms. The van der Waals surface area contributed by atoms with Gasteiger partial charge in [0.15, 0.2) is 5.78 Å². The fraction of sp³-hybridized carbons (Fsp3) is 0.857. The third kappa shape index (κ3) is 0.778. The molecule has 2 aliphatic rings. The van der Waals surface area contributed by atoms with Crippen LogP contribution in [-0.2, 0) is 4.79 Å². The van der Waals surface area contributed by atoms with Crippen LogP contribution < -0.4 is 5.32 Å². The maximum atomic E-state index is 11.0. The lowest BCUT2D eigenvalue weighted by atomic mass is 10.00. The van der Waals surface area contributed by atoms with Crippen molar-refractivity contribution < 1.29 is 4.79 Å². The van der Waals surface area contributed by atoms with Gasteiger partial charge in [-0.2, -0.15) is 0 Å². The summed E-state index contributed by atoms with van der Waals surface area (Å²) >= 11 is 0. The van der Waals surface area contributed by atoms with Crippen LogP contribution >= 0.6 is 0 Å². The van der Waals surface area contributed by atoms with Crippen molar-refractivity contribution in [2.24, 2.45) is 5.92 Å². The first-order valence-corrected chi connectivity index (χ1v) is 3.55. The highest BCUT2D eigenvalue weighted by Crippen LogP contribution is 2.29. The Morgan fingerprint density at radius 3 is 3.11 bits per heavy atom. The summed E-state index contributed by atoms with van der Waals surface area (Å²) in [7, 11) is 0. The molecule has 2 unspecified atom stereocenters. The molecule has 0 amide bonds. The van der Waals surface area contributed by atoms with E-state index in [4.69, 9.17) is 0 Å². The van der Waals surface area contributed by atoms with E-state index in [1.165, 1.54) is 0 Å². The van der Waals surface area contributed by atoms with Crippen LogP contribution in [0.4, 0.5) is 0 Å². The van der Waals surface area contributed by atoms with Crippen molar-refractivity contribution in [3.63, 3.8) is 0 Å². The lowest BCUT2D eigenvalue weighted by Gasteiger charge is -2.16. The van der Waals surface area contributed by atoms with E-state index < -0.39 is 0 Å². The SMILES string of the molecule is O=C1C[N]C2CCC1C2. The van der Waals surface area contributed by atoms with Crippen molar-refractivity contribution >= 4 is 5.78 Å². The van der Waals surface area contributed by atoms with Gasteiger partial charge in [-0.15, -0.1) is 0 Å². The van der Waals surface area contributed by atoms with E-state index in [2.05, 4.69) is 5.32 Å². The molecule has 0 aromatic carbocycles. The quantitative estimate of drug-likeness (QED) is 0.458. The molecule has 0 aromatic rings. The Balaban J connectivity index is 2.14. The number of nitrogens with zero attached hydrogens (tertiary/aromatic N) is 1. The maximum Gasteiger partial charge on any atom is 0.151 e. The Morgan fingerprint density at radius 2 is 2.33 bits per heavy atom. The van der Waals surface area contributed by atoms with E-state index in [9.17, 15) is 4.79 Å². The fourth-order valence-corrected chi connectivity index (χ4v) is 1.76. The highest BCUT2D eigenvalue weighted by molar-refractivity contribution is 5.84. The van der Waals surface area contributed by atoms with Crippen molar-refractivity contribution in [3.8, 4) is 0 Å². The summed E-state index contributed by atoms with van der Waals surface area (Å²) in [6, 6.07) is 0.549. The smallest absolute Gasteiger partial charge is 0.151 e. The molecule has 0 spiro atoms. The second-order valence-electron chi connectivity index (χ2n) is 2.97. The zero-order chi connectivity index (χ0) is 6.27. The van der Waals surface area contributed by atoms with Crippen molar-refractivity contribution in [1.29, 1.82) is 0 Å². The van der Waals surface area contributed by atoms with Gasteiger partial charge in [0.25, 0.3) is 0 Å². The lowest BCUT2D eigenvalue weighted by Crippen LogP contribution is -2.33. The van der Waals surface area contributed by atoms with Gasteiger partial charge in [0.1, 0.15) is 0 Å². The molecule has 2 nitrogen and oxygen atoms in total. The summed E-state index contributed by atoms with van der Waals surface area (Å²) in [5.41, 5.74) is 0. The molecular weight excluding hydrogens is 114 g/mol. The first-order chi connectivity index (χ1) is 4.36. The van der Waals surface area contributed by atoms with Crippen molar-refractivity contribution in [2.45, 2.75) is 25.3 Å². The van der Waals surface area contributed by atoms with Crippen LogP contribution in [0.15, 0.2) is 0 Å². The Kier molecular flexibility index (Phi) is 1.09. The van der Waals surface area contributed by atoms with Gasteiger partial charge >= 0.3 is 0 Å². The van der Waals surface area contributed by atoms with Crippen molar-refractivity contribution in [3.05, 3.63) is 0 Å². The summed E-state index contributed by atoms with van der Waals surface area (Å²) in [5.74, 6) is 0.774. The standard InChI is InChI=1S/C7H10NO/c9-7-4-8-6-2-1-5(7)3-6/h5-6H,1-4H2. The zero-order valence-electron chi connectivity index (χ0n) is 5.34. The molecule has 2 atom stereocenters. The minimum Gasteiger partial charge on any atom is -0.298 e. The van der Waals surface area contributed by atoms with Crippen molar-refractivity contribution in [2.75, 3.05) is 6.54 Å². The molecule has 1 saturated carbocycles. The molecule has 0 aromatic heterocycles. The monoisotopic (exact) mass is 124 g/mol. The molecular formula is C7H10NO. The van der Waals surface area contributed by atoms with Crippen LogP contribution in [0.25, 0.3) is 0 Å². The van der Waals surface area contributed by atoms with Crippen LogP contribution in [0.1, 0.15) is 19.3 Å². The number of hydrogen-bond acceptors (Lipinski definition) is 1. The van der Waals surface area contributed by atoms with Gasteiger partial charge in [-0.1, -0.05) is 0 Å². The molecule has 1 saturated heterocycles. The molecule has 1 heterocycles. The average molecular weight is 124 g/mol. The molecule has 1 aliphatic heterocycles. The first kappa shape index (κ1) is 5.42. The topological polar surface area (TPSA) is 31.2 Å². The second-order valence-corrected chi connectivity index (χ2v) is 2.97. The van der Waals surface area contributed by atoms with Crippen LogP contribution in [0.5, 0.6) is 0 Å². The number of carbonyl (C=O) groups is 1. The van der Waals surface area contributed by atoms with Crippen molar-refractivity contribution in [1.82, 2.24) is 5.32 Å². The lowest BCUT2D eigenvalue weighted by molar-refractivity contribution is -0.122. The summed E-state index contributed by atoms with van der Waals surface area (Å²) in [6.45, 7) is 0.509. The molecule has 2 rings (SSSR count). The average Bonchev–Trinajstić information content (AvgIpc) is 2.25. The third-order valence-electron chi connectivity index (χ3n) is 2.37. The molecule has 1 aliphatic carbocycles. The van der Waals surface area contributed by atoms with E-state index in [-0.39, 0.29) is 0 Å². The Labute approximate surface area is 54.6 Å². The normalized spacial score (nSPS) is 41.6. The largest absolute Gasteiger partial charge is 0.298 e. The number of fused-ring (bicyclic) bond motifs is 2. The number of rotatable bonds is 0. The van der Waals surface area contributed by atoms with Crippen LogP contribution in [0.3, 0.4) is 0 Å². The second kappa shape index (κ2) is 1.81. The number of ketones is 1. The number of hydrogen-bond donors (Lipinski definition) is 0. The molecule has 2 heteroatoms. The first-order valence-electron chi connectivity index (χ1n) is 3.55. The maximum absolute atomic E-state index is 11.0. The Bertz CT molecular complexity index is 144. The summed E-state index contributed by atoms with van der Waals surface area (Å²) in [6.07, 6.45) is 3.32. The van der Waals surface area contributed by atoms with Gasteiger partial charge < -0.3 is 0 Å². The Morgan fingerprint density at radius 1 is 1.44 bits per heavy atom. The highest BCUT2D eigenvalue weighted by atomic mass is 16.1. The van der Waals surface area contributed by atoms with E-state index in [0.717, 1.165) is 19.3 Å². The molecule has 2 bridgehead atoms. The van der Waals surface area contributed by atoms with E-state index in [0.29, 0.717) is 24.3 Å². The summed E-state index contributed by atoms with van der Waals surface area (Å²) < 4.78 is 0. The van der Waals surface area contributed by atoms with Gasteiger partial charge in [0, 0.05) is 12.0 Å². The zero-order valence-corrected chi connectivity index (χ0v) is 5.34. The van der Waals surface area contributed by atoms with Crippen LogP contribution in [0, 0.1) is 5.92 Å². The van der Waals surface area contributed by atoms with E-state index >= 15 is 0 Å². The van der Waals surface area contributed by atoms with Crippen LogP contribution in [-0.4, -0.2) is 18.4 Å². The highest BCUT2D eigenvalue weighted by Gasteiger charge is 2.34. The van der Waals surface area contributed by atoms with Gasteiger partial charge in [-0.3, -0.25) is 4.79 Å². The fourth-order valence-electron chi connectivity index (χ4n) is 1.76. The van der Waals surface area contributed by atoms with Gasteiger partial charge in [0.05, 0.1) is 6.54 Å². The molecule has 49 valence electrons. The summed E-state index contributed by atoms with van der Waals surface area (Å²) in [5, 5.41) is 4.22. The van der Waals surface area contributed by atoms with E-state index in [1.807, 2.05) is 0 Å². The Hall–Kier alpha value is -0.370. The molecule has 1 radical (unpaired) electrons. The summed E-state index contributed by atoms with van der Waals surface area (Å²) in [4.78, 5) is 11.0. The number of piperidine rings is 1. The molecule has 2 fully saturated rings. The van der Waals surface area contributed by atoms with Crippen LogP contribution in [0.2, 0.25) is 0 Å². The van der Waals surface area contributed by atoms with Gasteiger partial charge in [-0.25, -0.2) is 5.32 Å². The number of Topliss-reactive ketones (excluding diaryl/α,β-unsaturated/α-hetero) is 1. The predicted octanol–water partition coefficient (Wildman–Crippen LogP) is 0.342. The predicted molar refractivity (Wildman–Crippen MR) is 33.1 cm³/mol. The van der Waals surface area contributed by atoms with Gasteiger partial charge in [0.2, 0.25) is 0 Å². The minimum absolute atomic E-state index is 0.378. The third-order valence-corrected chi connectivity index (χ3v) is 2.37. The van der Waals surface area contributed by atoms with E-state index in [1.54, 1.807) is 0 Å². The molecule has 0 N–H and O–H groups in total. The minimum atomic E-state index is 0.378. The van der Waals surface area contributed by atoms with Gasteiger partial charge in [-0.05, 0) is 19.3 Å². The number of carbonyl (C=O) groups excluding carboxylic acids is 1.